The molecule has 0 radical (unpaired) electrons. The number of carbonyl (C=O) groups is 1. The molecule has 1 aromatic heterocycles. The van der Waals surface area contributed by atoms with E-state index >= 15 is 0 Å². The lowest BCUT2D eigenvalue weighted by atomic mass is 9.99. The Kier molecular flexibility index (Phi) is 3.24. The average molecular weight is 281 g/mol. The minimum absolute atomic E-state index is 0.121. The third kappa shape index (κ3) is 2.66. The molecule has 21 heavy (non-hydrogen) atoms. The highest BCUT2D eigenvalue weighted by Gasteiger charge is 2.46. The SMILES string of the molecule is Cc1cc(C(=O)NC2(c3ccccc3C)CC2)nc(C)n1. The Morgan fingerprint density at radius 1 is 1.14 bits per heavy atom. The quantitative estimate of drug-likeness (QED) is 0.941. The summed E-state index contributed by atoms with van der Waals surface area (Å²) in [6, 6.07) is 9.96. The van der Waals surface area contributed by atoms with E-state index in [9.17, 15) is 4.79 Å². The fourth-order valence-electron chi connectivity index (χ4n) is 2.81. The molecule has 0 bridgehead atoms. The van der Waals surface area contributed by atoms with Crippen molar-refractivity contribution in [3.63, 3.8) is 0 Å². The molecular weight excluding hydrogens is 262 g/mol. The average Bonchev–Trinajstić information content (AvgIpc) is 3.18. The zero-order valence-electron chi connectivity index (χ0n) is 12.6. The molecule has 0 atom stereocenters. The summed E-state index contributed by atoms with van der Waals surface area (Å²) in [6.45, 7) is 5.76. The predicted molar refractivity (Wildman–Crippen MR) is 81.1 cm³/mol. The number of amides is 1. The van der Waals surface area contributed by atoms with Crippen LogP contribution in [0.4, 0.5) is 0 Å². The van der Waals surface area contributed by atoms with Crippen molar-refractivity contribution in [2.45, 2.75) is 39.2 Å². The monoisotopic (exact) mass is 281 g/mol. The van der Waals surface area contributed by atoms with E-state index < -0.39 is 0 Å². The second-order valence-electron chi connectivity index (χ2n) is 5.79. The van der Waals surface area contributed by atoms with Gasteiger partial charge in [-0.05, 0) is 50.8 Å². The Bertz CT molecular complexity index is 685. The molecule has 1 saturated carbocycles. The van der Waals surface area contributed by atoms with Gasteiger partial charge in [0.15, 0.2) is 0 Å². The number of carbonyl (C=O) groups excluding carboxylic acids is 1. The number of hydrogen-bond donors (Lipinski definition) is 1. The van der Waals surface area contributed by atoms with Crippen LogP contribution in [0.15, 0.2) is 30.3 Å². The molecule has 1 aliphatic carbocycles. The fourth-order valence-corrected chi connectivity index (χ4v) is 2.81. The first-order valence-corrected chi connectivity index (χ1v) is 7.21. The zero-order chi connectivity index (χ0) is 15.0. The molecule has 1 amide bonds. The third-order valence-corrected chi connectivity index (χ3v) is 3.96. The fraction of sp³-hybridized carbons (Fsp3) is 0.353. The van der Waals surface area contributed by atoms with Gasteiger partial charge in [0.2, 0.25) is 0 Å². The maximum atomic E-state index is 12.5. The van der Waals surface area contributed by atoms with Gasteiger partial charge in [-0.15, -0.1) is 0 Å². The summed E-state index contributed by atoms with van der Waals surface area (Å²) in [4.78, 5) is 20.9. The van der Waals surface area contributed by atoms with Crippen molar-refractivity contribution in [1.82, 2.24) is 15.3 Å². The minimum atomic E-state index is -0.213. The van der Waals surface area contributed by atoms with E-state index in [1.807, 2.05) is 19.1 Å². The maximum absolute atomic E-state index is 12.5. The predicted octanol–water partition coefficient (Wildman–Crippen LogP) is 2.82. The Hall–Kier alpha value is -2.23. The largest absolute Gasteiger partial charge is 0.341 e. The molecule has 2 aromatic rings. The lowest BCUT2D eigenvalue weighted by Crippen LogP contribution is -2.36. The minimum Gasteiger partial charge on any atom is -0.341 e. The first-order valence-electron chi connectivity index (χ1n) is 7.21. The van der Waals surface area contributed by atoms with Crippen LogP contribution in [0, 0.1) is 20.8 Å². The highest BCUT2D eigenvalue weighted by Crippen LogP contribution is 2.46. The van der Waals surface area contributed by atoms with E-state index in [1.165, 1.54) is 11.1 Å². The molecule has 1 fully saturated rings. The topological polar surface area (TPSA) is 54.9 Å². The summed E-state index contributed by atoms with van der Waals surface area (Å²) in [6.07, 6.45) is 1.96. The molecule has 0 aliphatic heterocycles. The number of benzene rings is 1. The van der Waals surface area contributed by atoms with Gasteiger partial charge in [0.05, 0.1) is 5.54 Å². The van der Waals surface area contributed by atoms with Crippen LogP contribution in [0.25, 0.3) is 0 Å². The second kappa shape index (κ2) is 4.95. The van der Waals surface area contributed by atoms with Crippen LogP contribution in [-0.4, -0.2) is 15.9 Å². The summed E-state index contributed by atoms with van der Waals surface area (Å²) in [5.74, 6) is 0.505. The molecule has 4 heteroatoms. The number of aromatic nitrogens is 2. The van der Waals surface area contributed by atoms with E-state index in [1.54, 1.807) is 13.0 Å². The molecule has 1 aromatic carbocycles. The van der Waals surface area contributed by atoms with Gasteiger partial charge >= 0.3 is 0 Å². The number of hydrogen-bond acceptors (Lipinski definition) is 3. The lowest BCUT2D eigenvalue weighted by molar-refractivity contribution is 0.0925. The van der Waals surface area contributed by atoms with E-state index in [0.29, 0.717) is 11.5 Å². The van der Waals surface area contributed by atoms with Crippen molar-refractivity contribution in [3.05, 3.63) is 58.7 Å². The summed E-state index contributed by atoms with van der Waals surface area (Å²) < 4.78 is 0. The van der Waals surface area contributed by atoms with Crippen molar-refractivity contribution < 1.29 is 4.79 Å². The molecule has 1 N–H and O–H groups in total. The van der Waals surface area contributed by atoms with Gasteiger partial charge in [0.25, 0.3) is 5.91 Å². The summed E-state index contributed by atoms with van der Waals surface area (Å²) in [5.41, 5.74) is 3.47. The van der Waals surface area contributed by atoms with Gasteiger partial charge in [-0.2, -0.15) is 0 Å². The first-order chi connectivity index (χ1) is 10.00. The van der Waals surface area contributed by atoms with Crippen molar-refractivity contribution in [3.8, 4) is 0 Å². The van der Waals surface area contributed by atoms with Gasteiger partial charge < -0.3 is 5.32 Å². The van der Waals surface area contributed by atoms with E-state index in [0.717, 1.165) is 18.5 Å². The lowest BCUT2D eigenvalue weighted by Gasteiger charge is -2.20. The third-order valence-electron chi connectivity index (χ3n) is 3.96. The molecule has 0 unspecified atom stereocenters. The van der Waals surface area contributed by atoms with Crippen LogP contribution in [0.1, 0.15) is 46.0 Å². The van der Waals surface area contributed by atoms with Crippen molar-refractivity contribution in [2.75, 3.05) is 0 Å². The van der Waals surface area contributed by atoms with Crippen molar-refractivity contribution >= 4 is 5.91 Å². The van der Waals surface area contributed by atoms with E-state index in [4.69, 9.17) is 0 Å². The molecule has 108 valence electrons. The van der Waals surface area contributed by atoms with Crippen LogP contribution in [0.2, 0.25) is 0 Å². The zero-order valence-corrected chi connectivity index (χ0v) is 12.6. The molecule has 4 nitrogen and oxygen atoms in total. The maximum Gasteiger partial charge on any atom is 0.270 e. The number of nitrogens with zero attached hydrogens (tertiary/aromatic N) is 2. The Labute approximate surface area is 124 Å². The highest BCUT2D eigenvalue weighted by atomic mass is 16.2. The highest BCUT2D eigenvalue weighted by molar-refractivity contribution is 5.93. The van der Waals surface area contributed by atoms with Crippen LogP contribution in [0.5, 0.6) is 0 Å². The van der Waals surface area contributed by atoms with Crippen LogP contribution in [-0.2, 0) is 5.54 Å². The van der Waals surface area contributed by atoms with Crippen LogP contribution < -0.4 is 5.32 Å². The molecule has 0 spiro atoms. The Morgan fingerprint density at radius 3 is 2.48 bits per heavy atom. The van der Waals surface area contributed by atoms with Crippen molar-refractivity contribution in [2.24, 2.45) is 0 Å². The van der Waals surface area contributed by atoms with Gasteiger partial charge in [-0.3, -0.25) is 4.79 Å². The molecular formula is C17H19N3O. The van der Waals surface area contributed by atoms with Crippen LogP contribution in [0.3, 0.4) is 0 Å². The van der Waals surface area contributed by atoms with Gasteiger partial charge in [-0.25, -0.2) is 9.97 Å². The molecule has 0 saturated heterocycles. The standard InChI is InChI=1S/C17H19N3O/c1-11-6-4-5-7-14(11)17(8-9-17)20-16(21)15-10-12(2)18-13(3)19-15/h4-7,10H,8-9H2,1-3H3,(H,20,21). The van der Waals surface area contributed by atoms with Crippen LogP contribution >= 0.6 is 0 Å². The van der Waals surface area contributed by atoms with E-state index in [-0.39, 0.29) is 11.4 Å². The number of nitrogens with one attached hydrogen (secondary N) is 1. The van der Waals surface area contributed by atoms with E-state index in [2.05, 4.69) is 34.3 Å². The Morgan fingerprint density at radius 2 is 1.86 bits per heavy atom. The smallest absolute Gasteiger partial charge is 0.270 e. The number of rotatable bonds is 3. The summed E-state index contributed by atoms with van der Waals surface area (Å²) >= 11 is 0. The Balaban J connectivity index is 1.86. The summed E-state index contributed by atoms with van der Waals surface area (Å²) in [5, 5.41) is 3.17. The van der Waals surface area contributed by atoms with Gasteiger partial charge in [0, 0.05) is 5.69 Å². The van der Waals surface area contributed by atoms with Gasteiger partial charge in [0.1, 0.15) is 11.5 Å². The first kappa shape index (κ1) is 13.7. The normalized spacial score (nSPS) is 15.6. The molecule has 3 rings (SSSR count). The van der Waals surface area contributed by atoms with Crippen molar-refractivity contribution in [1.29, 1.82) is 0 Å². The summed E-state index contributed by atoms with van der Waals surface area (Å²) in [7, 11) is 0. The molecule has 1 heterocycles. The molecule has 1 aliphatic rings. The number of aryl methyl sites for hydroxylation is 3. The second-order valence-corrected chi connectivity index (χ2v) is 5.79. The van der Waals surface area contributed by atoms with Gasteiger partial charge in [-0.1, -0.05) is 24.3 Å².